The summed E-state index contributed by atoms with van der Waals surface area (Å²) in [5, 5.41) is 8.79. The maximum Gasteiger partial charge on any atom is 0.319 e. The van der Waals surface area contributed by atoms with Gasteiger partial charge in [0.1, 0.15) is 11.0 Å². The maximum absolute atomic E-state index is 11.8. The van der Waals surface area contributed by atoms with Gasteiger partial charge in [-0.25, -0.2) is 0 Å². The molecule has 0 aliphatic heterocycles. The number of aromatic nitrogens is 3. The number of benzene rings is 1. The minimum absolute atomic E-state index is 0.262. The Bertz CT molecular complexity index is 698. The Morgan fingerprint density at radius 3 is 2.67 bits per heavy atom. The number of carbonyl (C=O) groups is 1. The highest BCUT2D eigenvalue weighted by Gasteiger charge is 2.21. The number of carbonyl (C=O) groups excluding carboxylic acids is 1. The Labute approximate surface area is 145 Å². The molecule has 0 aliphatic carbocycles. The van der Waals surface area contributed by atoms with Gasteiger partial charge in [-0.2, -0.15) is 0 Å². The number of hydrogen-bond acceptors (Lipinski definition) is 6. The van der Waals surface area contributed by atoms with Crippen LogP contribution in [0.15, 0.2) is 42.1 Å². The molecule has 0 saturated carbocycles. The van der Waals surface area contributed by atoms with Crippen LogP contribution in [0.4, 0.5) is 0 Å². The van der Waals surface area contributed by atoms with Gasteiger partial charge >= 0.3 is 5.97 Å². The van der Waals surface area contributed by atoms with Crippen LogP contribution in [-0.2, 0) is 16.1 Å². The van der Waals surface area contributed by atoms with E-state index < -0.39 is 0 Å². The molecule has 0 N–H and O–H groups in total. The molecular weight excluding hydrogens is 326 g/mol. The Hall–Kier alpha value is -2.28. The molecule has 0 fully saturated rings. The Kier molecular flexibility index (Phi) is 6.43. The van der Waals surface area contributed by atoms with Crippen LogP contribution in [0.25, 0.3) is 11.4 Å². The Morgan fingerprint density at radius 2 is 2.08 bits per heavy atom. The molecule has 6 nitrogen and oxygen atoms in total. The van der Waals surface area contributed by atoms with Gasteiger partial charge in [-0.1, -0.05) is 17.8 Å². The van der Waals surface area contributed by atoms with E-state index in [1.54, 1.807) is 27.0 Å². The molecular formula is C17H21N3O3S. The molecule has 0 radical (unpaired) electrons. The SMILES string of the molecule is C=CCn1c(S[C@H](C)C(=O)OCC)nnc1-c1ccc(OC)cc1. The van der Waals surface area contributed by atoms with Crippen LogP contribution in [0.2, 0.25) is 0 Å². The van der Waals surface area contributed by atoms with E-state index in [1.165, 1.54) is 11.8 Å². The van der Waals surface area contributed by atoms with E-state index >= 15 is 0 Å². The molecule has 1 aromatic heterocycles. The molecule has 1 heterocycles. The average Bonchev–Trinajstić information content (AvgIpc) is 2.98. The van der Waals surface area contributed by atoms with Gasteiger partial charge in [0.2, 0.25) is 0 Å². The zero-order chi connectivity index (χ0) is 17.5. The molecule has 0 unspecified atom stereocenters. The lowest BCUT2D eigenvalue weighted by molar-refractivity contribution is -0.142. The third kappa shape index (κ3) is 4.17. The molecule has 0 bridgehead atoms. The highest BCUT2D eigenvalue weighted by Crippen LogP contribution is 2.28. The minimum Gasteiger partial charge on any atom is -0.497 e. The number of allylic oxidation sites excluding steroid dienone is 1. The fourth-order valence-electron chi connectivity index (χ4n) is 2.09. The number of hydrogen-bond donors (Lipinski definition) is 0. The van der Waals surface area contributed by atoms with Crippen LogP contribution in [0.5, 0.6) is 5.75 Å². The highest BCUT2D eigenvalue weighted by molar-refractivity contribution is 8.00. The van der Waals surface area contributed by atoms with E-state index in [1.807, 2.05) is 28.8 Å². The van der Waals surface area contributed by atoms with Crippen molar-refractivity contribution in [2.45, 2.75) is 30.8 Å². The van der Waals surface area contributed by atoms with Gasteiger partial charge < -0.3 is 9.47 Å². The number of esters is 1. The van der Waals surface area contributed by atoms with Gasteiger partial charge in [0, 0.05) is 12.1 Å². The van der Waals surface area contributed by atoms with Gasteiger partial charge in [-0.05, 0) is 38.1 Å². The van der Waals surface area contributed by atoms with E-state index in [4.69, 9.17) is 9.47 Å². The number of thioether (sulfide) groups is 1. The monoisotopic (exact) mass is 347 g/mol. The first-order valence-electron chi connectivity index (χ1n) is 7.62. The predicted octanol–water partition coefficient (Wildman–Crippen LogP) is 3.18. The number of ether oxygens (including phenoxy) is 2. The van der Waals surface area contributed by atoms with Crippen LogP contribution in [0, 0.1) is 0 Å². The van der Waals surface area contributed by atoms with E-state index in [0.717, 1.165) is 17.1 Å². The summed E-state index contributed by atoms with van der Waals surface area (Å²) in [5.74, 6) is 1.23. The summed E-state index contributed by atoms with van der Waals surface area (Å²) in [7, 11) is 1.63. The first kappa shape index (κ1) is 18.1. The van der Waals surface area contributed by atoms with Crippen molar-refractivity contribution >= 4 is 17.7 Å². The van der Waals surface area contributed by atoms with Crippen LogP contribution < -0.4 is 4.74 Å². The van der Waals surface area contributed by atoms with E-state index in [-0.39, 0.29) is 11.2 Å². The van der Waals surface area contributed by atoms with Gasteiger partial charge in [0.15, 0.2) is 11.0 Å². The van der Waals surface area contributed by atoms with Crippen molar-refractivity contribution in [3.05, 3.63) is 36.9 Å². The van der Waals surface area contributed by atoms with Crippen molar-refractivity contribution in [2.24, 2.45) is 0 Å². The van der Waals surface area contributed by atoms with Gasteiger partial charge in [-0.15, -0.1) is 16.8 Å². The summed E-state index contributed by atoms with van der Waals surface area (Å²) >= 11 is 1.32. The van der Waals surface area contributed by atoms with Gasteiger partial charge in [-0.3, -0.25) is 9.36 Å². The summed E-state index contributed by atoms with van der Waals surface area (Å²) in [6.45, 7) is 8.28. The number of nitrogens with zero attached hydrogens (tertiary/aromatic N) is 3. The second-order valence-corrected chi connectivity index (χ2v) is 6.25. The predicted molar refractivity (Wildman–Crippen MR) is 94.2 cm³/mol. The lowest BCUT2D eigenvalue weighted by Gasteiger charge is -2.11. The average molecular weight is 347 g/mol. The van der Waals surface area contributed by atoms with E-state index in [0.29, 0.717) is 18.3 Å². The topological polar surface area (TPSA) is 66.2 Å². The van der Waals surface area contributed by atoms with Crippen LogP contribution in [0.1, 0.15) is 13.8 Å². The second-order valence-electron chi connectivity index (χ2n) is 4.95. The molecule has 2 aromatic rings. The van der Waals surface area contributed by atoms with E-state index in [2.05, 4.69) is 16.8 Å². The highest BCUT2D eigenvalue weighted by atomic mass is 32.2. The summed E-state index contributed by atoms with van der Waals surface area (Å²) < 4.78 is 12.1. The van der Waals surface area contributed by atoms with Crippen molar-refractivity contribution < 1.29 is 14.3 Å². The normalized spacial score (nSPS) is 11.8. The summed E-state index contributed by atoms with van der Waals surface area (Å²) in [6, 6.07) is 7.59. The quantitative estimate of drug-likeness (QED) is 0.415. The van der Waals surface area contributed by atoms with E-state index in [9.17, 15) is 4.79 Å². The molecule has 7 heteroatoms. The third-order valence-electron chi connectivity index (χ3n) is 3.28. The van der Waals surface area contributed by atoms with Crippen molar-refractivity contribution in [3.8, 4) is 17.1 Å². The molecule has 24 heavy (non-hydrogen) atoms. The fraction of sp³-hybridized carbons (Fsp3) is 0.353. The van der Waals surface area contributed by atoms with Gasteiger partial charge in [0.05, 0.1) is 13.7 Å². The standard InChI is InChI=1S/C17H21N3O3S/c1-5-11-20-15(13-7-9-14(22-4)10-8-13)18-19-17(20)24-12(3)16(21)23-6-2/h5,7-10,12H,1,6,11H2,2-4H3/t12-/m1/s1. The minimum atomic E-state index is -0.360. The molecule has 0 saturated heterocycles. The second kappa shape index (κ2) is 8.54. The van der Waals surface area contributed by atoms with Crippen LogP contribution in [0.3, 0.4) is 0 Å². The fourth-order valence-corrected chi connectivity index (χ4v) is 2.95. The zero-order valence-corrected chi connectivity index (χ0v) is 14.9. The largest absolute Gasteiger partial charge is 0.497 e. The Morgan fingerprint density at radius 1 is 1.38 bits per heavy atom. The molecule has 1 aromatic carbocycles. The third-order valence-corrected chi connectivity index (χ3v) is 4.34. The molecule has 1 atom stereocenters. The van der Waals surface area contributed by atoms with Crippen molar-refractivity contribution in [1.82, 2.24) is 14.8 Å². The summed E-state index contributed by atoms with van der Waals surface area (Å²) in [4.78, 5) is 11.8. The maximum atomic E-state index is 11.8. The molecule has 0 aliphatic rings. The smallest absolute Gasteiger partial charge is 0.319 e. The summed E-state index contributed by atoms with van der Waals surface area (Å²) in [5.41, 5.74) is 0.917. The lowest BCUT2D eigenvalue weighted by Crippen LogP contribution is -2.17. The first-order chi connectivity index (χ1) is 11.6. The molecule has 0 spiro atoms. The zero-order valence-electron chi connectivity index (χ0n) is 14.1. The van der Waals surface area contributed by atoms with Crippen molar-refractivity contribution in [1.29, 1.82) is 0 Å². The lowest BCUT2D eigenvalue weighted by atomic mass is 10.2. The van der Waals surface area contributed by atoms with Crippen molar-refractivity contribution in [3.63, 3.8) is 0 Å². The first-order valence-corrected chi connectivity index (χ1v) is 8.50. The number of rotatable bonds is 8. The molecule has 128 valence electrons. The summed E-state index contributed by atoms with van der Waals surface area (Å²) in [6.07, 6.45) is 1.77. The molecule has 2 rings (SSSR count). The van der Waals surface area contributed by atoms with Crippen molar-refractivity contribution in [2.75, 3.05) is 13.7 Å². The Balaban J connectivity index is 2.28. The van der Waals surface area contributed by atoms with Gasteiger partial charge in [0.25, 0.3) is 0 Å². The number of methoxy groups -OCH3 is 1. The van der Waals surface area contributed by atoms with Crippen LogP contribution >= 0.6 is 11.8 Å². The van der Waals surface area contributed by atoms with Crippen LogP contribution in [-0.4, -0.2) is 39.7 Å². The molecule has 0 amide bonds.